The van der Waals surface area contributed by atoms with Gasteiger partial charge in [-0.1, -0.05) is 30.3 Å². The maximum absolute atomic E-state index is 10.4. The van der Waals surface area contributed by atoms with Crippen LogP contribution in [0, 0.1) is 0 Å². The number of nitrogens with two attached hydrogens (primary N) is 1. The molecule has 1 aromatic carbocycles. The van der Waals surface area contributed by atoms with Gasteiger partial charge >= 0.3 is 16.4 Å². The molecule has 1 rings (SSSR count). The van der Waals surface area contributed by atoms with Crippen molar-refractivity contribution in [3.05, 3.63) is 35.9 Å². The minimum Gasteiger partial charge on any atom is -0.480 e. The van der Waals surface area contributed by atoms with Crippen LogP contribution in [-0.4, -0.2) is 37.2 Å². The molecule has 7 nitrogen and oxygen atoms in total. The second-order valence-electron chi connectivity index (χ2n) is 3.23. The predicted octanol–water partition coefficient (Wildman–Crippen LogP) is 0.0766. The van der Waals surface area contributed by atoms with Crippen LogP contribution < -0.4 is 5.73 Å². The summed E-state index contributed by atoms with van der Waals surface area (Å²) in [6, 6.07) is 8.54. The number of carboxylic acid groups (broad SMARTS) is 1. The summed E-state index contributed by atoms with van der Waals surface area (Å²) < 4.78 is 29.7. The smallest absolute Gasteiger partial charge is 0.397 e. The van der Waals surface area contributed by atoms with Gasteiger partial charge in [0, 0.05) is 0 Å². The third-order valence-electron chi connectivity index (χ3n) is 1.83. The van der Waals surface area contributed by atoms with E-state index in [0.29, 0.717) is 6.42 Å². The van der Waals surface area contributed by atoms with Crippen LogP contribution >= 0.6 is 0 Å². The van der Waals surface area contributed by atoms with Crippen molar-refractivity contribution in [2.24, 2.45) is 5.73 Å². The van der Waals surface area contributed by atoms with E-state index in [1.807, 2.05) is 30.3 Å². The molecule has 18 heavy (non-hydrogen) atoms. The zero-order valence-electron chi connectivity index (χ0n) is 9.68. The molecule has 0 saturated heterocycles. The average molecular weight is 277 g/mol. The molecule has 0 fully saturated rings. The van der Waals surface area contributed by atoms with Crippen molar-refractivity contribution in [2.45, 2.75) is 12.5 Å². The number of carboxylic acids is 1. The minimum atomic E-state index is -4.16. The van der Waals surface area contributed by atoms with Crippen molar-refractivity contribution < 1.29 is 27.1 Å². The molecule has 1 aromatic rings. The van der Waals surface area contributed by atoms with Crippen LogP contribution in [0.15, 0.2) is 30.3 Å². The average Bonchev–Trinajstić information content (AvgIpc) is 2.30. The molecule has 0 aliphatic carbocycles. The lowest BCUT2D eigenvalue weighted by Gasteiger charge is -2.04. The van der Waals surface area contributed by atoms with Gasteiger partial charge in [0.05, 0.1) is 7.11 Å². The topological polar surface area (TPSA) is 127 Å². The molecule has 102 valence electrons. The van der Waals surface area contributed by atoms with Crippen LogP contribution in [0.4, 0.5) is 0 Å². The lowest BCUT2D eigenvalue weighted by atomic mass is 10.1. The molecule has 4 N–H and O–H groups in total. The zero-order valence-corrected chi connectivity index (χ0v) is 10.5. The molecule has 1 atom stereocenters. The number of hydrogen-bond acceptors (Lipinski definition) is 5. The molecule has 0 radical (unpaired) electrons. The SMILES string of the molecule is COS(=O)(=O)O.NC(Cc1ccccc1)C(=O)O. The molecule has 0 saturated carbocycles. The molecular formula is C10H15NO6S. The van der Waals surface area contributed by atoms with E-state index in [1.165, 1.54) is 0 Å². The first-order chi connectivity index (χ1) is 8.26. The molecule has 0 heterocycles. The summed E-state index contributed by atoms with van der Waals surface area (Å²) in [6.07, 6.45) is 0.385. The summed E-state index contributed by atoms with van der Waals surface area (Å²) in [7, 11) is -3.29. The van der Waals surface area contributed by atoms with Gasteiger partial charge in [-0.2, -0.15) is 8.42 Å². The summed E-state index contributed by atoms with van der Waals surface area (Å²) in [4.78, 5) is 10.4. The Hall–Kier alpha value is -1.48. The number of aliphatic carboxylic acids is 1. The van der Waals surface area contributed by atoms with E-state index < -0.39 is 22.4 Å². The first-order valence-electron chi connectivity index (χ1n) is 4.81. The van der Waals surface area contributed by atoms with E-state index in [-0.39, 0.29) is 0 Å². The third-order valence-corrected chi connectivity index (χ3v) is 2.25. The van der Waals surface area contributed by atoms with Gasteiger partial charge in [0.2, 0.25) is 0 Å². The highest BCUT2D eigenvalue weighted by atomic mass is 32.3. The zero-order chi connectivity index (χ0) is 14.2. The number of hydrogen-bond donors (Lipinski definition) is 3. The monoisotopic (exact) mass is 277 g/mol. The van der Waals surface area contributed by atoms with E-state index >= 15 is 0 Å². The molecule has 8 heteroatoms. The normalized spacial score (nSPS) is 12.2. The Kier molecular flexibility index (Phi) is 7.13. The van der Waals surface area contributed by atoms with E-state index in [2.05, 4.69) is 4.18 Å². The molecular weight excluding hydrogens is 262 g/mol. The van der Waals surface area contributed by atoms with Crippen LogP contribution in [-0.2, 0) is 25.8 Å². The van der Waals surface area contributed by atoms with E-state index in [1.54, 1.807) is 0 Å². The van der Waals surface area contributed by atoms with Crippen molar-refractivity contribution in [3.63, 3.8) is 0 Å². The molecule has 1 unspecified atom stereocenters. The molecule has 0 bridgehead atoms. The van der Waals surface area contributed by atoms with Crippen LogP contribution in [0.5, 0.6) is 0 Å². The van der Waals surface area contributed by atoms with Crippen molar-refractivity contribution in [3.8, 4) is 0 Å². The van der Waals surface area contributed by atoms with Crippen molar-refractivity contribution in [1.82, 2.24) is 0 Å². The Morgan fingerprint density at radius 3 is 2.17 bits per heavy atom. The van der Waals surface area contributed by atoms with Gasteiger partial charge in [0.15, 0.2) is 0 Å². The summed E-state index contributed by atoms with van der Waals surface area (Å²) in [5, 5.41) is 8.52. The fourth-order valence-electron chi connectivity index (χ4n) is 0.955. The minimum absolute atomic E-state index is 0.385. The Balaban J connectivity index is 0.000000411. The number of carbonyl (C=O) groups is 1. The van der Waals surface area contributed by atoms with Gasteiger partial charge in [-0.05, 0) is 12.0 Å². The van der Waals surface area contributed by atoms with Crippen molar-refractivity contribution >= 4 is 16.4 Å². The summed E-state index contributed by atoms with van der Waals surface area (Å²) in [5.74, 6) is -0.959. The van der Waals surface area contributed by atoms with Gasteiger partial charge in [-0.15, -0.1) is 0 Å². The molecule has 0 aromatic heterocycles. The highest BCUT2D eigenvalue weighted by molar-refractivity contribution is 7.80. The van der Waals surface area contributed by atoms with Gasteiger partial charge < -0.3 is 10.8 Å². The number of rotatable bonds is 4. The Bertz CT molecular complexity index is 459. The van der Waals surface area contributed by atoms with Gasteiger partial charge in [-0.25, -0.2) is 0 Å². The molecule has 0 spiro atoms. The first kappa shape index (κ1) is 16.5. The van der Waals surface area contributed by atoms with E-state index in [0.717, 1.165) is 12.7 Å². The maximum Gasteiger partial charge on any atom is 0.397 e. The Morgan fingerprint density at radius 2 is 1.83 bits per heavy atom. The summed E-state index contributed by atoms with van der Waals surface area (Å²) in [5.41, 5.74) is 6.30. The fourth-order valence-corrected chi connectivity index (χ4v) is 0.955. The molecule has 0 aliphatic rings. The standard InChI is InChI=1S/C9H11NO2.CH4O4S/c10-8(9(11)12)6-7-4-2-1-3-5-7;1-5-6(2,3)4/h1-5,8H,6,10H2,(H,11,12);1H3,(H,2,3,4). The largest absolute Gasteiger partial charge is 0.480 e. The number of benzene rings is 1. The Morgan fingerprint density at radius 1 is 1.39 bits per heavy atom. The third kappa shape index (κ3) is 8.65. The lowest BCUT2D eigenvalue weighted by molar-refractivity contribution is -0.138. The second-order valence-corrected chi connectivity index (χ2v) is 4.42. The summed E-state index contributed by atoms with van der Waals surface area (Å²) in [6.45, 7) is 0. The lowest BCUT2D eigenvalue weighted by Crippen LogP contribution is -2.32. The maximum atomic E-state index is 10.4. The van der Waals surface area contributed by atoms with Gasteiger partial charge in [-0.3, -0.25) is 13.5 Å². The molecule has 0 amide bonds. The Labute approximate surface area is 105 Å². The highest BCUT2D eigenvalue weighted by Gasteiger charge is 2.10. The van der Waals surface area contributed by atoms with Gasteiger partial charge in [0.1, 0.15) is 6.04 Å². The fraction of sp³-hybridized carbons (Fsp3) is 0.300. The van der Waals surface area contributed by atoms with Crippen molar-refractivity contribution in [1.29, 1.82) is 0 Å². The predicted molar refractivity (Wildman–Crippen MR) is 64.3 cm³/mol. The van der Waals surface area contributed by atoms with Gasteiger partial charge in [0.25, 0.3) is 0 Å². The quantitative estimate of drug-likeness (QED) is 0.665. The first-order valence-corrected chi connectivity index (χ1v) is 6.18. The highest BCUT2D eigenvalue weighted by Crippen LogP contribution is 2.01. The van der Waals surface area contributed by atoms with Crippen LogP contribution in [0.1, 0.15) is 5.56 Å². The van der Waals surface area contributed by atoms with Crippen LogP contribution in [0.2, 0.25) is 0 Å². The van der Waals surface area contributed by atoms with Crippen LogP contribution in [0.25, 0.3) is 0 Å². The van der Waals surface area contributed by atoms with Crippen molar-refractivity contribution in [2.75, 3.05) is 7.11 Å². The van der Waals surface area contributed by atoms with E-state index in [4.69, 9.17) is 15.4 Å². The van der Waals surface area contributed by atoms with E-state index in [9.17, 15) is 13.2 Å². The summed E-state index contributed by atoms with van der Waals surface area (Å²) >= 11 is 0. The van der Waals surface area contributed by atoms with Crippen LogP contribution in [0.3, 0.4) is 0 Å². The molecule has 0 aliphatic heterocycles. The second kappa shape index (κ2) is 7.77.